The normalized spacial score (nSPS) is 13.2. The third kappa shape index (κ3) is 9.31. The number of aromatic amines is 1. The molecule has 0 unspecified atom stereocenters. The number of esters is 1. The van der Waals surface area contributed by atoms with E-state index >= 15 is 0 Å². The zero-order valence-corrected chi connectivity index (χ0v) is 30.3. The highest BCUT2D eigenvalue weighted by Gasteiger charge is 2.37. The van der Waals surface area contributed by atoms with Gasteiger partial charge in [0, 0.05) is 61.8 Å². The molecule has 0 aliphatic carbocycles. The van der Waals surface area contributed by atoms with Crippen molar-refractivity contribution in [3.8, 4) is 0 Å². The Morgan fingerprint density at radius 2 is 1.67 bits per heavy atom. The second-order valence-electron chi connectivity index (χ2n) is 14.3. The van der Waals surface area contributed by atoms with E-state index in [9.17, 15) is 13.2 Å². The van der Waals surface area contributed by atoms with Crippen molar-refractivity contribution in [1.29, 1.82) is 0 Å². The Morgan fingerprint density at radius 3 is 2.35 bits per heavy atom. The number of carbonyl (C=O) groups is 1. The molecule has 4 rings (SSSR count). The van der Waals surface area contributed by atoms with Gasteiger partial charge in [-0.15, -0.1) is 0 Å². The third-order valence-corrected chi connectivity index (χ3v) is 14.7. The number of hydrogen-bond acceptors (Lipinski definition) is 6. The average molecular weight is 664 g/mol. The first-order valence-electron chi connectivity index (χ1n) is 15.8. The molecule has 0 amide bonds. The molecule has 46 heavy (non-hydrogen) atoms. The van der Waals surface area contributed by atoms with E-state index in [2.05, 4.69) is 68.1 Å². The van der Waals surface area contributed by atoms with E-state index in [1.807, 2.05) is 18.2 Å². The molecule has 0 aliphatic heterocycles. The van der Waals surface area contributed by atoms with Gasteiger partial charge in [0.15, 0.2) is 8.32 Å². The van der Waals surface area contributed by atoms with E-state index in [-0.39, 0.29) is 9.93 Å². The Bertz CT molecular complexity index is 1760. The summed E-state index contributed by atoms with van der Waals surface area (Å²) >= 11 is 0. The summed E-state index contributed by atoms with van der Waals surface area (Å²) < 4.78 is 39.7. The minimum atomic E-state index is -3.80. The predicted molar refractivity (Wildman–Crippen MR) is 189 cm³/mol. The molecular formula is C36H49N3O5SSi. The first-order valence-corrected chi connectivity index (χ1v) is 20.1. The Kier molecular flexibility index (Phi) is 10.9. The summed E-state index contributed by atoms with van der Waals surface area (Å²) in [6.07, 6.45) is 8.78. The SMILES string of the molecule is CC(C)(C)OC(=O)/C=C/c1ccn(S(=O)(=O)c2ccc(CN(CCO[Si](C)(C)C(C)(C)C)CCc3c[nH]c4ccccc34)cc2)c1. The van der Waals surface area contributed by atoms with Gasteiger partial charge in [-0.3, -0.25) is 4.90 Å². The maximum absolute atomic E-state index is 13.4. The number of H-pyrrole nitrogens is 1. The van der Waals surface area contributed by atoms with Gasteiger partial charge in [0.25, 0.3) is 10.0 Å². The molecule has 4 aromatic rings. The number of carbonyl (C=O) groups excluding carboxylic acids is 1. The highest BCUT2D eigenvalue weighted by atomic mass is 32.2. The van der Waals surface area contributed by atoms with Crippen molar-refractivity contribution in [3.05, 3.63) is 96.0 Å². The van der Waals surface area contributed by atoms with Gasteiger partial charge in [-0.2, -0.15) is 0 Å². The Hall–Kier alpha value is -3.44. The number of para-hydroxylation sites is 1. The Labute approximate surface area is 275 Å². The van der Waals surface area contributed by atoms with Crippen LogP contribution in [0.3, 0.4) is 0 Å². The fourth-order valence-electron chi connectivity index (χ4n) is 4.82. The van der Waals surface area contributed by atoms with Gasteiger partial charge in [-0.05, 0) is 92.4 Å². The Balaban J connectivity index is 1.45. The van der Waals surface area contributed by atoms with Crippen molar-refractivity contribution in [1.82, 2.24) is 13.9 Å². The molecule has 0 fully saturated rings. The van der Waals surface area contributed by atoms with Crippen LogP contribution in [-0.4, -0.2) is 61.9 Å². The van der Waals surface area contributed by atoms with Gasteiger partial charge in [0.05, 0.1) is 4.90 Å². The van der Waals surface area contributed by atoms with Crippen LogP contribution < -0.4 is 0 Å². The number of nitrogens with zero attached hydrogens (tertiary/aromatic N) is 2. The summed E-state index contributed by atoms with van der Waals surface area (Å²) in [6, 6.07) is 17.1. The van der Waals surface area contributed by atoms with E-state index in [1.165, 1.54) is 33.4 Å². The summed E-state index contributed by atoms with van der Waals surface area (Å²) in [4.78, 5) is 18.0. The summed E-state index contributed by atoms with van der Waals surface area (Å²) in [5.41, 5.74) is 3.42. The van der Waals surface area contributed by atoms with Crippen LogP contribution in [0.2, 0.25) is 18.1 Å². The number of fused-ring (bicyclic) bond motifs is 1. The second-order valence-corrected chi connectivity index (χ2v) is 20.9. The van der Waals surface area contributed by atoms with Crippen LogP contribution in [-0.2, 0) is 36.9 Å². The van der Waals surface area contributed by atoms with Crippen molar-refractivity contribution in [3.63, 3.8) is 0 Å². The predicted octanol–water partition coefficient (Wildman–Crippen LogP) is 7.63. The molecule has 0 aliphatic rings. The molecule has 0 spiro atoms. The number of aromatic nitrogens is 2. The van der Waals surface area contributed by atoms with Gasteiger partial charge < -0.3 is 14.1 Å². The molecule has 0 saturated heterocycles. The summed E-state index contributed by atoms with van der Waals surface area (Å²) in [6.45, 7) is 19.6. The zero-order valence-electron chi connectivity index (χ0n) is 28.5. The Morgan fingerprint density at radius 1 is 0.978 bits per heavy atom. The first-order chi connectivity index (χ1) is 21.4. The van der Waals surface area contributed by atoms with Crippen LogP contribution >= 0.6 is 0 Å². The lowest BCUT2D eigenvalue weighted by Gasteiger charge is -2.37. The second kappa shape index (κ2) is 14.1. The number of hydrogen-bond donors (Lipinski definition) is 1. The number of nitrogens with one attached hydrogen (secondary N) is 1. The molecule has 0 atom stereocenters. The lowest BCUT2D eigenvalue weighted by molar-refractivity contribution is -0.148. The first kappa shape index (κ1) is 35.4. The fourth-order valence-corrected chi connectivity index (χ4v) is 7.06. The van der Waals surface area contributed by atoms with E-state index < -0.39 is 29.9 Å². The average Bonchev–Trinajstić information content (AvgIpc) is 3.61. The molecule has 0 bridgehead atoms. The van der Waals surface area contributed by atoms with Crippen LogP contribution in [0, 0.1) is 0 Å². The highest BCUT2D eigenvalue weighted by Crippen LogP contribution is 2.36. The highest BCUT2D eigenvalue weighted by molar-refractivity contribution is 7.90. The molecule has 2 aromatic carbocycles. The lowest BCUT2D eigenvalue weighted by Crippen LogP contribution is -2.43. The summed E-state index contributed by atoms with van der Waals surface area (Å²) in [7, 11) is -5.69. The van der Waals surface area contributed by atoms with Crippen molar-refractivity contribution in [2.45, 2.75) is 83.1 Å². The van der Waals surface area contributed by atoms with E-state index in [0.717, 1.165) is 30.6 Å². The van der Waals surface area contributed by atoms with Crippen molar-refractivity contribution in [2.24, 2.45) is 0 Å². The van der Waals surface area contributed by atoms with Crippen LogP contribution in [0.15, 0.2) is 84.2 Å². The largest absolute Gasteiger partial charge is 0.457 e. The molecule has 0 radical (unpaired) electrons. The molecule has 1 N–H and O–H groups in total. The van der Waals surface area contributed by atoms with E-state index in [0.29, 0.717) is 18.7 Å². The standard InChI is InChI=1S/C36H49N3O5SSi/c1-35(2,3)44-34(40)18-15-29-19-22-39(27-29)45(41,42)31-16-13-28(14-17-31)26-38(23-24-43-46(7,8)36(4,5)6)21-20-30-25-37-33-12-10-9-11-32(30)33/h9-19,22,25,27,37H,20-21,23-24,26H2,1-8H3/b18-15+. The number of ether oxygens (including phenoxy) is 1. The van der Waals surface area contributed by atoms with Crippen LogP contribution in [0.25, 0.3) is 17.0 Å². The van der Waals surface area contributed by atoms with Crippen molar-refractivity contribution in [2.75, 3.05) is 19.7 Å². The monoisotopic (exact) mass is 663 g/mol. The molecule has 10 heteroatoms. The molecule has 248 valence electrons. The molecule has 0 saturated carbocycles. The van der Waals surface area contributed by atoms with Gasteiger partial charge in [-0.25, -0.2) is 17.2 Å². The van der Waals surface area contributed by atoms with E-state index in [1.54, 1.807) is 45.0 Å². The number of benzene rings is 2. The third-order valence-electron chi connectivity index (χ3n) is 8.46. The quantitative estimate of drug-likeness (QED) is 0.0899. The lowest BCUT2D eigenvalue weighted by atomic mass is 10.1. The van der Waals surface area contributed by atoms with Gasteiger partial charge in [0.1, 0.15) is 5.60 Å². The van der Waals surface area contributed by atoms with Crippen molar-refractivity contribution >= 4 is 41.3 Å². The smallest absolute Gasteiger partial charge is 0.331 e. The zero-order chi connectivity index (χ0) is 33.8. The summed E-state index contributed by atoms with van der Waals surface area (Å²) in [5, 5.41) is 1.38. The minimum absolute atomic E-state index is 0.137. The van der Waals surface area contributed by atoms with Gasteiger partial charge in [-0.1, -0.05) is 51.1 Å². The molecule has 8 nitrogen and oxygen atoms in total. The topological polar surface area (TPSA) is 93.6 Å². The molecular weight excluding hydrogens is 615 g/mol. The van der Waals surface area contributed by atoms with Gasteiger partial charge in [0.2, 0.25) is 0 Å². The number of rotatable bonds is 13. The molecule has 2 heterocycles. The van der Waals surface area contributed by atoms with Crippen LogP contribution in [0.5, 0.6) is 0 Å². The fraction of sp³-hybridized carbons (Fsp3) is 0.417. The summed E-state index contributed by atoms with van der Waals surface area (Å²) in [5.74, 6) is -0.485. The van der Waals surface area contributed by atoms with Crippen LogP contribution in [0.4, 0.5) is 0 Å². The minimum Gasteiger partial charge on any atom is -0.457 e. The maximum Gasteiger partial charge on any atom is 0.331 e. The van der Waals surface area contributed by atoms with E-state index in [4.69, 9.17) is 9.16 Å². The van der Waals surface area contributed by atoms with Gasteiger partial charge >= 0.3 is 5.97 Å². The van der Waals surface area contributed by atoms with Crippen LogP contribution in [0.1, 0.15) is 58.2 Å². The molecule has 2 aromatic heterocycles. The maximum atomic E-state index is 13.4. The van der Waals surface area contributed by atoms with Crippen molar-refractivity contribution < 1.29 is 22.4 Å².